The average Bonchev–Trinajstić information content (AvgIpc) is 2.27. The molecule has 1 rings (SSSR count). The summed E-state index contributed by atoms with van der Waals surface area (Å²) in [6.07, 6.45) is 14.7. The van der Waals surface area contributed by atoms with Crippen molar-refractivity contribution < 1.29 is 0 Å². The summed E-state index contributed by atoms with van der Waals surface area (Å²) in [7, 11) is 0. The molecular weight excluding hydrogens is 180 g/mol. The Bertz CT molecular complexity index is 134. The maximum absolute atomic E-state index is 2.43. The van der Waals surface area contributed by atoms with E-state index in [9.17, 15) is 0 Å². The number of unbranched alkanes of at least 4 members (excludes halogenated alkanes) is 2. The number of hydrogen-bond donors (Lipinski definition) is 0. The summed E-state index contributed by atoms with van der Waals surface area (Å²) in [5, 5.41) is 0. The first-order valence-electron chi connectivity index (χ1n) is 7.22. The van der Waals surface area contributed by atoms with Crippen LogP contribution in [0.5, 0.6) is 0 Å². The maximum Gasteiger partial charge on any atom is -0.0297 e. The highest BCUT2D eigenvalue weighted by atomic mass is 14.4. The Kier molecular flexibility index (Phi) is 5.71. The van der Waals surface area contributed by atoms with Gasteiger partial charge in [0.05, 0.1) is 0 Å². The zero-order chi connectivity index (χ0) is 11.1. The Morgan fingerprint density at radius 3 is 1.80 bits per heavy atom. The molecule has 0 unspecified atom stereocenters. The van der Waals surface area contributed by atoms with E-state index in [4.69, 9.17) is 0 Å². The van der Waals surface area contributed by atoms with Crippen molar-refractivity contribution in [2.75, 3.05) is 0 Å². The standard InChI is InChI=1S/C15H30/c1-4-6-10-15(11-7-5-2)12-8-14(3)9-13-15/h14H,4-13H2,1-3H3. The molecule has 1 saturated carbocycles. The summed E-state index contributed by atoms with van der Waals surface area (Å²) in [4.78, 5) is 0. The zero-order valence-electron chi connectivity index (χ0n) is 11.1. The Labute approximate surface area is 96.8 Å². The molecule has 0 saturated heterocycles. The van der Waals surface area contributed by atoms with Crippen molar-refractivity contribution in [3.05, 3.63) is 0 Å². The lowest BCUT2D eigenvalue weighted by Crippen LogP contribution is -2.26. The van der Waals surface area contributed by atoms with Gasteiger partial charge in [0.25, 0.3) is 0 Å². The molecule has 15 heavy (non-hydrogen) atoms. The molecule has 0 nitrogen and oxygen atoms in total. The first-order chi connectivity index (χ1) is 7.22. The van der Waals surface area contributed by atoms with Crippen LogP contribution in [0.25, 0.3) is 0 Å². The van der Waals surface area contributed by atoms with Crippen molar-refractivity contribution >= 4 is 0 Å². The highest BCUT2D eigenvalue weighted by molar-refractivity contribution is 4.84. The minimum absolute atomic E-state index is 0.762. The molecule has 0 N–H and O–H groups in total. The molecule has 0 spiro atoms. The lowest BCUT2D eigenvalue weighted by Gasteiger charge is -2.40. The van der Waals surface area contributed by atoms with Crippen LogP contribution in [-0.4, -0.2) is 0 Å². The highest BCUT2D eigenvalue weighted by Crippen LogP contribution is 2.46. The minimum atomic E-state index is 0.762. The molecule has 1 aliphatic carbocycles. The molecule has 0 bridgehead atoms. The molecule has 0 aromatic rings. The lowest BCUT2D eigenvalue weighted by molar-refractivity contribution is 0.123. The average molecular weight is 210 g/mol. The third kappa shape index (κ3) is 4.17. The van der Waals surface area contributed by atoms with E-state index in [1.165, 1.54) is 64.2 Å². The van der Waals surface area contributed by atoms with Gasteiger partial charge in [0, 0.05) is 0 Å². The van der Waals surface area contributed by atoms with Gasteiger partial charge in [-0.25, -0.2) is 0 Å². The summed E-state index contributed by atoms with van der Waals surface area (Å²) in [6, 6.07) is 0. The summed E-state index contributed by atoms with van der Waals surface area (Å²) in [6.45, 7) is 7.10. The van der Waals surface area contributed by atoms with Crippen molar-refractivity contribution in [1.29, 1.82) is 0 Å². The highest BCUT2D eigenvalue weighted by Gasteiger charge is 2.32. The van der Waals surface area contributed by atoms with Crippen LogP contribution in [0.1, 0.15) is 85.0 Å². The second-order valence-electron chi connectivity index (χ2n) is 5.89. The normalized spacial score (nSPS) is 21.8. The van der Waals surface area contributed by atoms with E-state index < -0.39 is 0 Å². The SMILES string of the molecule is CCCCC1(CCCC)CCC(C)CC1. The molecule has 90 valence electrons. The van der Waals surface area contributed by atoms with Gasteiger partial charge in [-0.15, -0.1) is 0 Å². The summed E-state index contributed by atoms with van der Waals surface area (Å²) >= 11 is 0. The van der Waals surface area contributed by atoms with Crippen molar-refractivity contribution in [2.45, 2.75) is 85.0 Å². The fourth-order valence-electron chi connectivity index (χ4n) is 3.10. The Morgan fingerprint density at radius 1 is 0.933 bits per heavy atom. The van der Waals surface area contributed by atoms with Gasteiger partial charge < -0.3 is 0 Å². The van der Waals surface area contributed by atoms with Crippen molar-refractivity contribution in [1.82, 2.24) is 0 Å². The van der Waals surface area contributed by atoms with E-state index in [1.807, 2.05) is 0 Å². The van der Waals surface area contributed by atoms with Crippen LogP contribution >= 0.6 is 0 Å². The third-order valence-corrected chi connectivity index (χ3v) is 4.46. The predicted molar refractivity (Wildman–Crippen MR) is 69.1 cm³/mol. The molecule has 0 heterocycles. The first-order valence-corrected chi connectivity index (χ1v) is 7.22. The Hall–Kier alpha value is 0. The van der Waals surface area contributed by atoms with Crippen LogP contribution in [0.3, 0.4) is 0 Å². The van der Waals surface area contributed by atoms with Gasteiger partial charge in [0.2, 0.25) is 0 Å². The van der Waals surface area contributed by atoms with Gasteiger partial charge >= 0.3 is 0 Å². The molecule has 0 aliphatic heterocycles. The lowest BCUT2D eigenvalue weighted by atomic mass is 9.66. The fraction of sp³-hybridized carbons (Fsp3) is 1.00. The fourth-order valence-corrected chi connectivity index (χ4v) is 3.10. The van der Waals surface area contributed by atoms with Gasteiger partial charge in [-0.1, -0.05) is 59.3 Å². The molecular formula is C15H30. The van der Waals surface area contributed by atoms with E-state index in [2.05, 4.69) is 20.8 Å². The predicted octanol–water partition coefficient (Wildman–Crippen LogP) is 5.56. The molecule has 1 fully saturated rings. The van der Waals surface area contributed by atoms with E-state index in [-0.39, 0.29) is 0 Å². The smallest absolute Gasteiger partial charge is 0.0297 e. The second-order valence-corrected chi connectivity index (χ2v) is 5.89. The van der Waals surface area contributed by atoms with Gasteiger partial charge in [0.15, 0.2) is 0 Å². The van der Waals surface area contributed by atoms with Crippen LogP contribution in [0.2, 0.25) is 0 Å². The van der Waals surface area contributed by atoms with Crippen molar-refractivity contribution in [3.8, 4) is 0 Å². The Balaban J connectivity index is 2.44. The quantitative estimate of drug-likeness (QED) is 0.538. The zero-order valence-corrected chi connectivity index (χ0v) is 11.1. The molecule has 0 atom stereocenters. The first kappa shape index (κ1) is 13.1. The summed E-state index contributed by atoms with van der Waals surface area (Å²) < 4.78 is 0. The van der Waals surface area contributed by atoms with Crippen molar-refractivity contribution in [2.24, 2.45) is 11.3 Å². The van der Waals surface area contributed by atoms with Crippen molar-refractivity contribution in [3.63, 3.8) is 0 Å². The van der Waals surface area contributed by atoms with Crippen LogP contribution in [0, 0.1) is 11.3 Å². The summed E-state index contributed by atoms with van der Waals surface area (Å²) in [5.41, 5.74) is 0.762. The molecule has 0 aromatic heterocycles. The van der Waals surface area contributed by atoms with E-state index in [0.29, 0.717) is 0 Å². The van der Waals surface area contributed by atoms with Gasteiger partial charge in [-0.05, 0) is 37.0 Å². The van der Waals surface area contributed by atoms with Gasteiger partial charge in [-0.2, -0.15) is 0 Å². The molecule has 1 aliphatic rings. The van der Waals surface area contributed by atoms with Gasteiger partial charge in [0.1, 0.15) is 0 Å². The van der Waals surface area contributed by atoms with Crippen LogP contribution in [0.15, 0.2) is 0 Å². The largest absolute Gasteiger partial charge is 0.0654 e. The second kappa shape index (κ2) is 6.55. The van der Waals surface area contributed by atoms with Crippen LogP contribution in [-0.2, 0) is 0 Å². The molecule has 0 aromatic carbocycles. The third-order valence-electron chi connectivity index (χ3n) is 4.46. The summed E-state index contributed by atoms with van der Waals surface area (Å²) in [5.74, 6) is 1.00. The molecule has 0 amide bonds. The van der Waals surface area contributed by atoms with Crippen LogP contribution < -0.4 is 0 Å². The Morgan fingerprint density at radius 2 is 1.40 bits per heavy atom. The molecule has 0 radical (unpaired) electrons. The molecule has 0 heteroatoms. The van der Waals surface area contributed by atoms with E-state index >= 15 is 0 Å². The number of hydrogen-bond acceptors (Lipinski definition) is 0. The monoisotopic (exact) mass is 210 g/mol. The van der Waals surface area contributed by atoms with Crippen LogP contribution in [0.4, 0.5) is 0 Å². The van der Waals surface area contributed by atoms with E-state index in [0.717, 1.165) is 11.3 Å². The van der Waals surface area contributed by atoms with Gasteiger partial charge in [-0.3, -0.25) is 0 Å². The maximum atomic E-state index is 2.43. The topological polar surface area (TPSA) is 0 Å². The number of rotatable bonds is 6. The van der Waals surface area contributed by atoms with E-state index in [1.54, 1.807) is 0 Å². The minimum Gasteiger partial charge on any atom is -0.0654 e.